The minimum absolute atomic E-state index is 0.00869. The van der Waals surface area contributed by atoms with Gasteiger partial charge in [0.05, 0.1) is 18.1 Å². The summed E-state index contributed by atoms with van der Waals surface area (Å²) < 4.78 is 5.40. The Bertz CT molecular complexity index is 714. The molecule has 0 bridgehead atoms. The number of nitrogens with zero attached hydrogens (tertiary/aromatic N) is 2. The van der Waals surface area contributed by atoms with Crippen LogP contribution in [0.3, 0.4) is 0 Å². The molecule has 2 aromatic rings. The number of nitrogens with one attached hydrogen (secondary N) is 1. The van der Waals surface area contributed by atoms with Gasteiger partial charge in [0, 0.05) is 24.4 Å². The minimum Gasteiger partial charge on any atom is -0.494 e. The molecule has 132 valence electrons. The zero-order valence-corrected chi connectivity index (χ0v) is 14.3. The molecule has 2 rings (SSSR count). The second kappa shape index (κ2) is 8.79. The van der Waals surface area contributed by atoms with Gasteiger partial charge in [0.25, 0.3) is 5.69 Å². The Labute approximate surface area is 146 Å². The quantitative estimate of drug-likeness (QED) is 0.588. The average Bonchev–Trinajstić information content (AvgIpc) is 2.57. The van der Waals surface area contributed by atoms with Gasteiger partial charge in [0.2, 0.25) is 5.91 Å². The smallest absolute Gasteiger partial charge is 0.269 e. The largest absolute Gasteiger partial charge is 0.494 e. The van der Waals surface area contributed by atoms with Gasteiger partial charge >= 0.3 is 0 Å². The van der Waals surface area contributed by atoms with Gasteiger partial charge in [-0.05, 0) is 43.8 Å². The molecule has 0 fully saturated rings. The molecule has 0 aliphatic rings. The first-order valence-corrected chi connectivity index (χ1v) is 7.92. The molecule has 1 amide bonds. The molecular formula is C18H21N3O4. The van der Waals surface area contributed by atoms with Crippen LogP contribution < -0.4 is 10.1 Å². The second-order valence-corrected chi connectivity index (χ2v) is 5.60. The van der Waals surface area contributed by atoms with Crippen molar-refractivity contribution in [1.29, 1.82) is 0 Å². The molecule has 7 nitrogen and oxygen atoms in total. The van der Waals surface area contributed by atoms with Crippen molar-refractivity contribution in [1.82, 2.24) is 4.90 Å². The van der Waals surface area contributed by atoms with Crippen LogP contribution in [-0.4, -0.2) is 35.9 Å². The highest BCUT2D eigenvalue weighted by molar-refractivity contribution is 5.92. The number of nitro benzene ring substituents is 1. The zero-order valence-electron chi connectivity index (χ0n) is 14.3. The topological polar surface area (TPSA) is 84.7 Å². The zero-order chi connectivity index (χ0) is 18.2. The predicted molar refractivity (Wildman–Crippen MR) is 95.7 cm³/mol. The van der Waals surface area contributed by atoms with Crippen molar-refractivity contribution in [3.63, 3.8) is 0 Å². The Hall–Kier alpha value is -2.93. The van der Waals surface area contributed by atoms with Gasteiger partial charge in [-0.2, -0.15) is 0 Å². The van der Waals surface area contributed by atoms with E-state index in [0.29, 0.717) is 18.8 Å². The first kappa shape index (κ1) is 18.4. The molecule has 0 aliphatic heterocycles. The highest BCUT2D eigenvalue weighted by Gasteiger charge is 2.09. The summed E-state index contributed by atoms with van der Waals surface area (Å²) in [4.78, 5) is 24.1. The summed E-state index contributed by atoms with van der Waals surface area (Å²) >= 11 is 0. The van der Waals surface area contributed by atoms with Crippen molar-refractivity contribution >= 4 is 17.3 Å². The number of benzene rings is 2. The van der Waals surface area contributed by atoms with Crippen LogP contribution in [0.25, 0.3) is 0 Å². The number of ether oxygens (including phenoxy) is 1. The molecule has 0 saturated heterocycles. The van der Waals surface area contributed by atoms with Gasteiger partial charge in [-0.15, -0.1) is 0 Å². The number of rotatable bonds is 8. The van der Waals surface area contributed by atoms with E-state index < -0.39 is 4.92 Å². The molecule has 7 heteroatoms. The van der Waals surface area contributed by atoms with Crippen LogP contribution in [0.2, 0.25) is 0 Å². The normalized spacial score (nSPS) is 10.5. The molecular weight excluding hydrogens is 322 g/mol. The van der Waals surface area contributed by atoms with Gasteiger partial charge in [-0.25, -0.2) is 0 Å². The van der Waals surface area contributed by atoms with E-state index in [1.54, 1.807) is 0 Å². The van der Waals surface area contributed by atoms with Gasteiger partial charge in [0.15, 0.2) is 0 Å². The van der Waals surface area contributed by atoms with E-state index in [1.807, 2.05) is 43.1 Å². The van der Waals surface area contributed by atoms with Crippen LogP contribution in [-0.2, 0) is 11.3 Å². The third-order valence-electron chi connectivity index (χ3n) is 3.46. The summed E-state index contributed by atoms with van der Waals surface area (Å²) in [6.07, 6.45) is 0. The van der Waals surface area contributed by atoms with E-state index in [1.165, 1.54) is 24.3 Å². The number of hydrogen-bond donors (Lipinski definition) is 1. The van der Waals surface area contributed by atoms with Gasteiger partial charge in [-0.1, -0.05) is 12.1 Å². The number of nitro groups is 1. The molecule has 1 N–H and O–H groups in total. The highest BCUT2D eigenvalue weighted by atomic mass is 16.6. The molecule has 0 radical (unpaired) electrons. The third-order valence-corrected chi connectivity index (χ3v) is 3.46. The van der Waals surface area contributed by atoms with Gasteiger partial charge in [0.1, 0.15) is 5.75 Å². The fourth-order valence-corrected chi connectivity index (χ4v) is 2.34. The monoisotopic (exact) mass is 343 g/mol. The van der Waals surface area contributed by atoms with Crippen LogP contribution >= 0.6 is 0 Å². The molecule has 0 heterocycles. The Morgan fingerprint density at radius 3 is 2.36 bits per heavy atom. The Morgan fingerprint density at radius 1 is 1.16 bits per heavy atom. The summed E-state index contributed by atoms with van der Waals surface area (Å²) in [5.41, 5.74) is 1.60. The van der Waals surface area contributed by atoms with Crippen LogP contribution in [0.1, 0.15) is 12.5 Å². The van der Waals surface area contributed by atoms with Crippen LogP contribution in [0, 0.1) is 10.1 Å². The summed E-state index contributed by atoms with van der Waals surface area (Å²) in [6, 6.07) is 13.5. The van der Waals surface area contributed by atoms with Crippen LogP contribution in [0.15, 0.2) is 48.5 Å². The molecule has 0 unspecified atom stereocenters. The lowest BCUT2D eigenvalue weighted by Crippen LogP contribution is -2.29. The van der Waals surface area contributed by atoms with Crippen molar-refractivity contribution in [3.05, 3.63) is 64.2 Å². The maximum absolute atomic E-state index is 12.1. The molecule has 25 heavy (non-hydrogen) atoms. The lowest BCUT2D eigenvalue weighted by Gasteiger charge is -2.16. The summed E-state index contributed by atoms with van der Waals surface area (Å²) in [6.45, 7) is 3.40. The number of carbonyl (C=O) groups excluding carboxylic acids is 1. The van der Waals surface area contributed by atoms with Gasteiger partial charge in [-0.3, -0.25) is 19.8 Å². The molecule has 0 aliphatic carbocycles. The SMILES string of the molecule is CCOc1ccc(CN(C)CC(=O)Nc2ccc([N+](=O)[O-])cc2)cc1. The Morgan fingerprint density at radius 2 is 1.80 bits per heavy atom. The molecule has 0 atom stereocenters. The molecule has 0 saturated carbocycles. The predicted octanol–water partition coefficient (Wildman–Crippen LogP) is 3.06. The van der Waals surface area contributed by atoms with Crippen molar-refractivity contribution in [2.75, 3.05) is 25.5 Å². The van der Waals surface area contributed by atoms with E-state index in [2.05, 4.69) is 5.32 Å². The number of hydrogen-bond acceptors (Lipinski definition) is 5. The molecule has 0 aromatic heterocycles. The maximum atomic E-state index is 12.1. The fourth-order valence-electron chi connectivity index (χ4n) is 2.34. The first-order valence-electron chi connectivity index (χ1n) is 7.92. The fraction of sp³-hybridized carbons (Fsp3) is 0.278. The number of carbonyl (C=O) groups is 1. The Balaban J connectivity index is 1.83. The number of anilines is 1. The maximum Gasteiger partial charge on any atom is 0.269 e. The van der Waals surface area contributed by atoms with Crippen LogP contribution in [0.4, 0.5) is 11.4 Å². The van der Waals surface area contributed by atoms with E-state index >= 15 is 0 Å². The lowest BCUT2D eigenvalue weighted by atomic mass is 10.2. The number of amides is 1. The van der Waals surface area contributed by atoms with Gasteiger partial charge < -0.3 is 10.1 Å². The third kappa shape index (κ3) is 5.89. The van der Waals surface area contributed by atoms with Crippen molar-refractivity contribution < 1.29 is 14.5 Å². The first-order chi connectivity index (χ1) is 12.0. The summed E-state index contributed by atoms with van der Waals surface area (Å²) in [5.74, 6) is 0.645. The highest BCUT2D eigenvalue weighted by Crippen LogP contribution is 2.16. The molecule has 2 aromatic carbocycles. The van der Waals surface area contributed by atoms with Crippen LogP contribution in [0.5, 0.6) is 5.75 Å². The van der Waals surface area contributed by atoms with Crippen molar-refractivity contribution in [2.45, 2.75) is 13.5 Å². The standard InChI is InChI=1S/C18H21N3O4/c1-3-25-17-10-4-14(5-11-17)12-20(2)13-18(22)19-15-6-8-16(9-7-15)21(23)24/h4-11H,3,12-13H2,1-2H3,(H,19,22). The molecule has 0 spiro atoms. The van der Waals surface area contributed by atoms with E-state index in [-0.39, 0.29) is 18.1 Å². The number of likely N-dealkylation sites (N-methyl/N-ethyl adjacent to an activating group) is 1. The van der Waals surface area contributed by atoms with E-state index in [9.17, 15) is 14.9 Å². The minimum atomic E-state index is -0.476. The van der Waals surface area contributed by atoms with Crippen molar-refractivity contribution in [3.8, 4) is 5.75 Å². The average molecular weight is 343 g/mol. The number of non-ortho nitro benzene ring substituents is 1. The summed E-state index contributed by atoms with van der Waals surface area (Å²) in [7, 11) is 1.85. The lowest BCUT2D eigenvalue weighted by molar-refractivity contribution is -0.384. The summed E-state index contributed by atoms with van der Waals surface area (Å²) in [5, 5.41) is 13.3. The van der Waals surface area contributed by atoms with E-state index in [0.717, 1.165) is 11.3 Å². The Kier molecular flexibility index (Phi) is 6.47. The second-order valence-electron chi connectivity index (χ2n) is 5.60. The van der Waals surface area contributed by atoms with Crippen molar-refractivity contribution in [2.24, 2.45) is 0 Å². The van der Waals surface area contributed by atoms with E-state index in [4.69, 9.17) is 4.74 Å².